The second-order valence-corrected chi connectivity index (χ2v) is 8.38. The topological polar surface area (TPSA) is 90.1 Å². The molecule has 0 saturated heterocycles. The van der Waals surface area contributed by atoms with Gasteiger partial charge in [0.25, 0.3) is 5.91 Å². The number of aromatic nitrogens is 2. The van der Waals surface area contributed by atoms with Gasteiger partial charge in [0.1, 0.15) is 5.82 Å². The summed E-state index contributed by atoms with van der Waals surface area (Å²) in [5, 5.41) is 13.2. The van der Waals surface area contributed by atoms with E-state index < -0.39 is 23.3 Å². The maximum atomic E-state index is 13.4. The summed E-state index contributed by atoms with van der Waals surface area (Å²) in [5.41, 5.74) is 1.08. The predicted octanol–water partition coefficient (Wildman–Crippen LogP) is 5.39. The van der Waals surface area contributed by atoms with Crippen LogP contribution in [-0.4, -0.2) is 27.0 Å². The SMILES string of the molecule is CC1(C)c2[nH]nc(NC(=O)c3cccc(F)c3)c2CN1C(=O)Nc1c(Cl)cccc1Cl. The Morgan fingerprint density at radius 1 is 1.13 bits per heavy atom. The third kappa shape index (κ3) is 3.84. The van der Waals surface area contributed by atoms with Crippen LogP contribution in [0.15, 0.2) is 42.5 Å². The van der Waals surface area contributed by atoms with E-state index in [0.29, 0.717) is 27.0 Å². The molecule has 3 aromatic rings. The second kappa shape index (κ2) is 7.86. The predicted molar refractivity (Wildman–Crippen MR) is 117 cm³/mol. The van der Waals surface area contributed by atoms with Crippen molar-refractivity contribution >= 4 is 46.6 Å². The van der Waals surface area contributed by atoms with E-state index in [0.717, 1.165) is 6.07 Å². The van der Waals surface area contributed by atoms with Crippen LogP contribution in [0.25, 0.3) is 0 Å². The number of urea groups is 1. The van der Waals surface area contributed by atoms with E-state index in [-0.39, 0.29) is 17.9 Å². The van der Waals surface area contributed by atoms with Crippen molar-refractivity contribution in [1.29, 1.82) is 0 Å². The largest absolute Gasteiger partial charge is 0.323 e. The van der Waals surface area contributed by atoms with E-state index in [9.17, 15) is 14.0 Å². The number of H-pyrrole nitrogens is 1. The zero-order valence-electron chi connectivity index (χ0n) is 16.6. The number of aromatic amines is 1. The third-order valence-corrected chi connectivity index (χ3v) is 5.86. The highest BCUT2D eigenvalue weighted by Gasteiger charge is 2.44. The van der Waals surface area contributed by atoms with Crippen LogP contribution in [0, 0.1) is 5.82 Å². The molecular formula is C21H18Cl2FN5O2. The van der Waals surface area contributed by atoms with Gasteiger partial charge in [0.15, 0.2) is 5.82 Å². The number of amides is 3. The molecule has 1 aliphatic heterocycles. The van der Waals surface area contributed by atoms with Crippen molar-refractivity contribution in [1.82, 2.24) is 15.1 Å². The highest BCUT2D eigenvalue weighted by atomic mass is 35.5. The zero-order valence-corrected chi connectivity index (χ0v) is 18.1. The number of para-hydroxylation sites is 1. The number of nitrogens with zero attached hydrogens (tertiary/aromatic N) is 2. The number of halogens is 3. The molecule has 0 unspecified atom stereocenters. The lowest BCUT2D eigenvalue weighted by molar-refractivity contribution is 0.102. The molecule has 3 N–H and O–H groups in total. The van der Waals surface area contributed by atoms with E-state index in [1.807, 2.05) is 13.8 Å². The van der Waals surface area contributed by atoms with Crippen LogP contribution in [0.3, 0.4) is 0 Å². The number of nitrogens with one attached hydrogen (secondary N) is 3. The molecule has 0 spiro atoms. The average Bonchev–Trinajstić information content (AvgIpc) is 3.23. The van der Waals surface area contributed by atoms with Gasteiger partial charge in [-0.15, -0.1) is 0 Å². The minimum Gasteiger partial charge on any atom is -0.309 e. The molecule has 2 heterocycles. The Hall–Kier alpha value is -3.10. The smallest absolute Gasteiger partial charge is 0.309 e. The van der Waals surface area contributed by atoms with Crippen molar-refractivity contribution in [3.8, 4) is 0 Å². The molecule has 7 nitrogen and oxygen atoms in total. The fourth-order valence-electron chi connectivity index (χ4n) is 3.55. The molecule has 31 heavy (non-hydrogen) atoms. The van der Waals surface area contributed by atoms with Crippen LogP contribution >= 0.6 is 23.2 Å². The van der Waals surface area contributed by atoms with Gasteiger partial charge in [-0.3, -0.25) is 9.89 Å². The molecule has 160 valence electrons. The molecular weight excluding hydrogens is 444 g/mol. The first kappa shape index (κ1) is 21.1. The summed E-state index contributed by atoms with van der Waals surface area (Å²) < 4.78 is 13.4. The lowest BCUT2D eigenvalue weighted by Gasteiger charge is -2.32. The van der Waals surface area contributed by atoms with Crippen LogP contribution in [0.2, 0.25) is 10.0 Å². The number of anilines is 2. The number of hydrogen-bond acceptors (Lipinski definition) is 3. The Morgan fingerprint density at radius 3 is 2.48 bits per heavy atom. The number of fused-ring (bicyclic) bond motifs is 1. The van der Waals surface area contributed by atoms with E-state index in [4.69, 9.17) is 23.2 Å². The molecule has 0 bridgehead atoms. The van der Waals surface area contributed by atoms with E-state index in [2.05, 4.69) is 20.8 Å². The van der Waals surface area contributed by atoms with Crippen LogP contribution in [-0.2, 0) is 12.1 Å². The van der Waals surface area contributed by atoms with Crippen LogP contribution in [0.5, 0.6) is 0 Å². The molecule has 0 atom stereocenters. The van der Waals surface area contributed by atoms with Crippen LogP contribution < -0.4 is 10.6 Å². The maximum absolute atomic E-state index is 13.4. The standard InChI is InChI=1S/C21H18Cl2FN5O2/c1-21(2)17-13(10-29(21)20(31)25-16-14(22)7-4-8-15(16)23)18(28-27-17)26-19(30)11-5-3-6-12(24)9-11/h3-9H,10H2,1-2H3,(H,25,31)(H2,26,27,28,30). The molecule has 3 amide bonds. The number of benzene rings is 2. The first-order valence-electron chi connectivity index (χ1n) is 9.35. The number of carbonyl (C=O) groups is 2. The fourth-order valence-corrected chi connectivity index (χ4v) is 4.04. The Bertz CT molecular complexity index is 1170. The Kier molecular flexibility index (Phi) is 5.36. The molecule has 1 aromatic heterocycles. The number of rotatable bonds is 3. The summed E-state index contributed by atoms with van der Waals surface area (Å²) in [6.07, 6.45) is 0. The second-order valence-electron chi connectivity index (χ2n) is 7.56. The van der Waals surface area contributed by atoms with Gasteiger partial charge in [-0.05, 0) is 44.2 Å². The van der Waals surface area contributed by atoms with Crippen molar-refractivity contribution in [2.24, 2.45) is 0 Å². The first-order chi connectivity index (χ1) is 14.7. The van der Waals surface area contributed by atoms with Gasteiger partial charge in [0.2, 0.25) is 0 Å². The zero-order chi connectivity index (χ0) is 22.3. The lowest BCUT2D eigenvalue weighted by Crippen LogP contribution is -2.43. The van der Waals surface area contributed by atoms with Crippen LogP contribution in [0.1, 0.15) is 35.5 Å². The molecule has 1 aliphatic rings. The quantitative estimate of drug-likeness (QED) is 0.488. The minimum absolute atomic E-state index is 0.164. The van der Waals surface area contributed by atoms with Gasteiger partial charge in [0, 0.05) is 11.1 Å². The minimum atomic E-state index is -0.748. The highest BCUT2D eigenvalue weighted by Crippen LogP contribution is 2.41. The third-order valence-electron chi connectivity index (χ3n) is 5.23. The van der Waals surface area contributed by atoms with Gasteiger partial charge in [-0.2, -0.15) is 5.10 Å². The van der Waals surface area contributed by atoms with Gasteiger partial charge in [-0.1, -0.05) is 35.3 Å². The summed E-state index contributed by atoms with van der Waals surface area (Å²) in [7, 11) is 0. The molecule has 0 aliphatic carbocycles. The van der Waals surface area contributed by atoms with Crippen molar-refractivity contribution in [3.63, 3.8) is 0 Å². The van der Waals surface area contributed by atoms with Crippen molar-refractivity contribution in [3.05, 3.63) is 75.1 Å². The maximum Gasteiger partial charge on any atom is 0.323 e. The monoisotopic (exact) mass is 461 g/mol. The van der Waals surface area contributed by atoms with E-state index in [1.165, 1.54) is 18.2 Å². The Morgan fingerprint density at radius 2 is 1.81 bits per heavy atom. The molecule has 4 rings (SSSR count). The van der Waals surface area contributed by atoms with E-state index >= 15 is 0 Å². The number of carbonyl (C=O) groups excluding carboxylic acids is 2. The normalized spacial score (nSPS) is 14.3. The van der Waals surface area contributed by atoms with Crippen molar-refractivity contribution in [2.45, 2.75) is 25.9 Å². The molecule has 2 aromatic carbocycles. The summed E-state index contributed by atoms with van der Waals surface area (Å²) in [6.45, 7) is 3.89. The van der Waals surface area contributed by atoms with Gasteiger partial charge < -0.3 is 15.5 Å². The first-order valence-corrected chi connectivity index (χ1v) is 10.1. The van der Waals surface area contributed by atoms with Gasteiger partial charge in [-0.25, -0.2) is 9.18 Å². The van der Waals surface area contributed by atoms with Crippen LogP contribution in [0.4, 0.5) is 20.7 Å². The Balaban J connectivity index is 1.56. The summed E-state index contributed by atoms with van der Waals surface area (Å²) in [4.78, 5) is 27.1. The Labute approximate surface area is 187 Å². The van der Waals surface area contributed by atoms with Gasteiger partial charge in [0.05, 0.1) is 33.5 Å². The lowest BCUT2D eigenvalue weighted by atomic mass is 10.0. The van der Waals surface area contributed by atoms with E-state index in [1.54, 1.807) is 23.1 Å². The molecule has 10 heteroatoms. The summed E-state index contributed by atoms with van der Waals surface area (Å²) in [6, 6.07) is 9.88. The van der Waals surface area contributed by atoms with Crippen molar-refractivity contribution < 1.29 is 14.0 Å². The number of hydrogen-bond donors (Lipinski definition) is 3. The molecule has 0 fully saturated rings. The highest BCUT2D eigenvalue weighted by molar-refractivity contribution is 6.39. The fraction of sp³-hybridized carbons (Fsp3) is 0.190. The molecule has 0 radical (unpaired) electrons. The average molecular weight is 462 g/mol. The van der Waals surface area contributed by atoms with Gasteiger partial charge >= 0.3 is 6.03 Å². The summed E-state index contributed by atoms with van der Waals surface area (Å²) in [5.74, 6) is -0.733. The summed E-state index contributed by atoms with van der Waals surface area (Å²) >= 11 is 12.3. The molecule has 0 saturated carbocycles. The van der Waals surface area contributed by atoms with Crippen molar-refractivity contribution in [2.75, 3.05) is 10.6 Å².